The summed E-state index contributed by atoms with van der Waals surface area (Å²) in [6.07, 6.45) is -1.61. The van der Waals surface area contributed by atoms with Crippen molar-refractivity contribution < 1.29 is 23.7 Å². The lowest BCUT2D eigenvalue weighted by Crippen LogP contribution is -2.60. The summed E-state index contributed by atoms with van der Waals surface area (Å²) in [7, 11) is 0. The van der Waals surface area contributed by atoms with Gasteiger partial charge in [0.15, 0.2) is 0 Å². The normalized spacial score (nSPS) is 22.7. The fraction of sp³-hybridized carbons (Fsp3) is 0.314. The van der Waals surface area contributed by atoms with Crippen molar-refractivity contribution >= 4 is 0 Å². The van der Waals surface area contributed by atoms with E-state index in [1.807, 2.05) is 79.7 Å². The van der Waals surface area contributed by atoms with Gasteiger partial charge in [0.2, 0.25) is 0 Å². The average Bonchev–Trinajstić information content (AvgIpc) is 3.01. The predicted octanol–water partition coefficient (Wildman–Crippen LogP) is 6.75. The van der Waals surface area contributed by atoms with E-state index in [2.05, 4.69) is 48.5 Å². The summed E-state index contributed by atoms with van der Waals surface area (Å²) in [5.74, 6) is 0. The van der Waals surface area contributed by atoms with Gasteiger partial charge in [0.1, 0.15) is 24.4 Å². The van der Waals surface area contributed by atoms with Crippen LogP contribution >= 0.6 is 0 Å². The molecule has 0 bridgehead atoms. The molecule has 0 saturated carbocycles. The lowest BCUT2D eigenvalue weighted by atomic mass is 9.94. The van der Waals surface area contributed by atoms with Crippen LogP contribution in [0.3, 0.4) is 0 Å². The largest absolute Gasteiger partial charge is 0.374 e. The second-order valence-electron chi connectivity index (χ2n) is 10.2. The first-order valence-corrected chi connectivity index (χ1v) is 14.0. The highest BCUT2D eigenvalue weighted by molar-refractivity contribution is 5.16. The third kappa shape index (κ3) is 8.10. The molecular formula is C35H38O5. The average molecular weight is 539 g/mol. The Hall–Kier alpha value is -3.32. The molecule has 5 heteroatoms. The highest BCUT2D eigenvalue weighted by Gasteiger charge is 2.46. The summed E-state index contributed by atoms with van der Waals surface area (Å²) in [5, 5.41) is 0. The molecule has 4 aromatic carbocycles. The molecular weight excluding hydrogens is 500 g/mol. The van der Waals surface area contributed by atoms with E-state index in [0.29, 0.717) is 33.0 Å². The summed E-state index contributed by atoms with van der Waals surface area (Å²) < 4.78 is 32.5. The van der Waals surface area contributed by atoms with E-state index in [4.69, 9.17) is 23.7 Å². The standard InChI is InChI=1S/C35H38O5/c1-27-33(37-23-29-16-8-3-9-17-29)35(39-25-31-20-12-5-13-21-31)34(38-24-30-18-10-4-11-19-30)32(40-27)26-36-22-28-14-6-2-7-15-28/h2-21,27,32-35H,22-26H2,1H3. The molecule has 1 saturated heterocycles. The molecule has 1 aliphatic heterocycles. The lowest BCUT2D eigenvalue weighted by molar-refractivity contribution is -0.269. The summed E-state index contributed by atoms with van der Waals surface area (Å²) in [5.41, 5.74) is 4.41. The van der Waals surface area contributed by atoms with Crippen LogP contribution in [0.15, 0.2) is 121 Å². The van der Waals surface area contributed by atoms with Crippen LogP contribution in [0.5, 0.6) is 0 Å². The van der Waals surface area contributed by atoms with Crippen molar-refractivity contribution in [2.45, 2.75) is 63.9 Å². The molecule has 5 nitrogen and oxygen atoms in total. The Morgan fingerprint density at radius 1 is 0.475 bits per heavy atom. The maximum atomic E-state index is 6.65. The molecule has 0 N–H and O–H groups in total. The molecule has 0 spiro atoms. The van der Waals surface area contributed by atoms with Crippen LogP contribution in [-0.4, -0.2) is 37.1 Å². The van der Waals surface area contributed by atoms with Crippen LogP contribution in [0.2, 0.25) is 0 Å². The van der Waals surface area contributed by atoms with Gasteiger partial charge in [-0.05, 0) is 29.2 Å². The number of hydrogen-bond donors (Lipinski definition) is 0. The van der Waals surface area contributed by atoms with E-state index in [1.165, 1.54) is 0 Å². The smallest absolute Gasteiger partial charge is 0.115 e. The zero-order valence-electron chi connectivity index (χ0n) is 23.0. The molecule has 0 aromatic heterocycles. The van der Waals surface area contributed by atoms with Gasteiger partial charge in [-0.25, -0.2) is 0 Å². The number of ether oxygens (including phenoxy) is 5. The molecule has 0 radical (unpaired) electrons. The van der Waals surface area contributed by atoms with Crippen LogP contribution in [-0.2, 0) is 50.1 Å². The SMILES string of the molecule is CC1OC(COCc2ccccc2)C(OCc2ccccc2)C(OCc2ccccc2)C1OCc1ccccc1. The topological polar surface area (TPSA) is 46.2 Å². The summed E-state index contributed by atoms with van der Waals surface area (Å²) >= 11 is 0. The van der Waals surface area contributed by atoms with Gasteiger partial charge in [-0.1, -0.05) is 121 Å². The molecule has 0 aliphatic carbocycles. The minimum atomic E-state index is -0.392. The first kappa shape index (κ1) is 28.2. The van der Waals surface area contributed by atoms with Crippen LogP contribution < -0.4 is 0 Å². The molecule has 208 valence electrons. The Morgan fingerprint density at radius 2 is 0.850 bits per heavy atom. The third-order valence-corrected chi connectivity index (χ3v) is 7.12. The van der Waals surface area contributed by atoms with Gasteiger partial charge < -0.3 is 23.7 Å². The molecule has 1 aliphatic rings. The first-order chi connectivity index (χ1) is 19.8. The monoisotopic (exact) mass is 538 g/mol. The Kier molecular flexibility index (Phi) is 10.5. The van der Waals surface area contributed by atoms with E-state index in [-0.39, 0.29) is 24.4 Å². The van der Waals surface area contributed by atoms with Crippen molar-refractivity contribution in [1.82, 2.24) is 0 Å². The molecule has 5 rings (SSSR count). The number of benzene rings is 4. The molecule has 0 amide bonds. The van der Waals surface area contributed by atoms with Gasteiger partial charge in [-0.2, -0.15) is 0 Å². The lowest BCUT2D eigenvalue weighted by Gasteiger charge is -2.45. The van der Waals surface area contributed by atoms with Crippen molar-refractivity contribution in [2.75, 3.05) is 6.61 Å². The van der Waals surface area contributed by atoms with Crippen LogP contribution in [0.25, 0.3) is 0 Å². The molecule has 40 heavy (non-hydrogen) atoms. The van der Waals surface area contributed by atoms with Gasteiger partial charge in [0.05, 0.1) is 39.1 Å². The highest BCUT2D eigenvalue weighted by Crippen LogP contribution is 2.30. The Labute approximate surface area is 237 Å². The van der Waals surface area contributed by atoms with E-state index >= 15 is 0 Å². The summed E-state index contributed by atoms with van der Waals surface area (Å²) in [6, 6.07) is 40.8. The van der Waals surface area contributed by atoms with Crippen molar-refractivity contribution in [3.05, 3.63) is 144 Å². The Morgan fingerprint density at radius 3 is 1.30 bits per heavy atom. The number of rotatable bonds is 13. The minimum Gasteiger partial charge on any atom is -0.374 e. The fourth-order valence-corrected chi connectivity index (χ4v) is 5.02. The summed E-state index contributed by atoms with van der Waals surface area (Å²) in [6.45, 7) is 4.29. The van der Waals surface area contributed by atoms with E-state index in [1.54, 1.807) is 0 Å². The Balaban J connectivity index is 1.36. The second-order valence-corrected chi connectivity index (χ2v) is 10.2. The van der Waals surface area contributed by atoms with Gasteiger partial charge in [0.25, 0.3) is 0 Å². The second kappa shape index (κ2) is 14.9. The van der Waals surface area contributed by atoms with Gasteiger partial charge in [0, 0.05) is 0 Å². The Bertz CT molecular complexity index is 1240. The molecule has 5 atom stereocenters. The zero-order chi connectivity index (χ0) is 27.4. The first-order valence-electron chi connectivity index (χ1n) is 14.0. The molecule has 1 fully saturated rings. The summed E-state index contributed by atoms with van der Waals surface area (Å²) in [4.78, 5) is 0. The zero-order valence-corrected chi connectivity index (χ0v) is 23.0. The van der Waals surface area contributed by atoms with Gasteiger partial charge in [-0.15, -0.1) is 0 Å². The van der Waals surface area contributed by atoms with Gasteiger partial charge >= 0.3 is 0 Å². The van der Waals surface area contributed by atoms with E-state index in [9.17, 15) is 0 Å². The van der Waals surface area contributed by atoms with Gasteiger partial charge in [-0.3, -0.25) is 0 Å². The molecule has 4 aromatic rings. The fourth-order valence-electron chi connectivity index (χ4n) is 5.02. The third-order valence-electron chi connectivity index (χ3n) is 7.12. The minimum absolute atomic E-state index is 0.216. The maximum absolute atomic E-state index is 6.65. The highest BCUT2D eigenvalue weighted by atomic mass is 16.6. The van der Waals surface area contributed by atoms with Crippen molar-refractivity contribution in [3.8, 4) is 0 Å². The van der Waals surface area contributed by atoms with E-state index in [0.717, 1.165) is 22.3 Å². The quantitative estimate of drug-likeness (QED) is 0.189. The van der Waals surface area contributed by atoms with Crippen LogP contribution in [0.1, 0.15) is 29.2 Å². The number of hydrogen-bond acceptors (Lipinski definition) is 5. The van der Waals surface area contributed by atoms with Crippen LogP contribution in [0.4, 0.5) is 0 Å². The predicted molar refractivity (Wildman–Crippen MR) is 155 cm³/mol. The molecule has 1 heterocycles. The molecule has 5 unspecified atom stereocenters. The van der Waals surface area contributed by atoms with Crippen molar-refractivity contribution in [1.29, 1.82) is 0 Å². The van der Waals surface area contributed by atoms with E-state index < -0.39 is 6.10 Å². The van der Waals surface area contributed by atoms with Crippen molar-refractivity contribution in [3.63, 3.8) is 0 Å². The van der Waals surface area contributed by atoms with Crippen LogP contribution in [0, 0.1) is 0 Å². The maximum Gasteiger partial charge on any atom is 0.115 e. The van der Waals surface area contributed by atoms with Crippen molar-refractivity contribution in [2.24, 2.45) is 0 Å².